The Morgan fingerprint density at radius 1 is 1.32 bits per heavy atom. The summed E-state index contributed by atoms with van der Waals surface area (Å²) >= 11 is 9.58. The van der Waals surface area contributed by atoms with Gasteiger partial charge in [-0.3, -0.25) is 4.79 Å². The maximum Gasteiger partial charge on any atom is 0.248 e. The average Bonchev–Trinajstić information content (AvgIpc) is 2.88. The number of aryl methyl sites for hydroxylation is 1. The van der Waals surface area contributed by atoms with E-state index in [1.54, 1.807) is 23.5 Å². The van der Waals surface area contributed by atoms with Gasteiger partial charge in [-0.1, -0.05) is 11.6 Å². The van der Waals surface area contributed by atoms with Crippen molar-refractivity contribution in [1.29, 1.82) is 0 Å². The van der Waals surface area contributed by atoms with Gasteiger partial charge in [-0.2, -0.15) is 5.10 Å². The van der Waals surface area contributed by atoms with Gasteiger partial charge in [-0.15, -0.1) is 23.1 Å². The van der Waals surface area contributed by atoms with Gasteiger partial charge in [0.15, 0.2) is 0 Å². The fraction of sp³-hybridized carbons (Fsp3) is 0.250. The normalized spacial score (nSPS) is 20.5. The van der Waals surface area contributed by atoms with E-state index in [0.29, 0.717) is 11.4 Å². The summed E-state index contributed by atoms with van der Waals surface area (Å²) in [6.45, 7) is 2.12. The Hall–Kier alpha value is -1.30. The van der Waals surface area contributed by atoms with Crippen molar-refractivity contribution in [2.45, 2.75) is 17.6 Å². The lowest BCUT2D eigenvalue weighted by atomic mass is 9.94. The van der Waals surface area contributed by atoms with E-state index in [1.807, 2.05) is 23.9 Å². The molecular weight excluding hydrogens is 336 g/mol. The first-order chi connectivity index (χ1) is 10.6. The summed E-state index contributed by atoms with van der Waals surface area (Å²) in [5.41, 5.74) is 3.02. The summed E-state index contributed by atoms with van der Waals surface area (Å²) in [7, 11) is 0. The standard InChI is InChI=1S/C16H13ClN2OS2/c1-9-6-13-15-10(8-21-16(13)22-9)7-14(20)19(18-15)12-4-2-11(17)3-5-12/h2-6,10H,7-8H2,1H3. The van der Waals surface area contributed by atoms with Crippen LogP contribution in [0.5, 0.6) is 0 Å². The summed E-state index contributed by atoms with van der Waals surface area (Å²) in [6, 6.07) is 9.43. The molecule has 1 aromatic carbocycles. The van der Waals surface area contributed by atoms with Crippen LogP contribution in [0.2, 0.25) is 5.02 Å². The van der Waals surface area contributed by atoms with Gasteiger partial charge in [0.1, 0.15) is 0 Å². The third-order valence-electron chi connectivity index (χ3n) is 3.84. The van der Waals surface area contributed by atoms with Crippen molar-refractivity contribution >= 4 is 52.0 Å². The monoisotopic (exact) mass is 348 g/mol. The third-order valence-corrected chi connectivity index (χ3v) is 6.59. The zero-order chi connectivity index (χ0) is 15.3. The Labute approximate surface area is 142 Å². The molecule has 4 rings (SSSR count). The van der Waals surface area contributed by atoms with Crippen LogP contribution in [0.3, 0.4) is 0 Å². The first-order valence-electron chi connectivity index (χ1n) is 7.02. The SMILES string of the molecule is Cc1cc2c(s1)SCC1CC(=O)N(c3ccc(Cl)cc3)N=C21. The number of halogens is 1. The number of anilines is 1. The molecule has 0 spiro atoms. The van der Waals surface area contributed by atoms with Crippen molar-refractivity contribution in [2.75, 3.05) is 10.8 Å². The molecule has 0 saturated heterocycles. The Morgan fingerprint density at radius 2 is 2.09 bits per heavy atom. The second-order valence-electron chi connectivity index (χ2n) is 5.44. The van der Waals surface area contributed by atoms with E-state index in [0.717, 1.165) is 17.2 Å². The molecule has 0 N–H and O–H groups in total. The van der Waals surface area contributed by atoms with E-state index in [1.165, 1.54) is 19.7 Å². The fourth-order valence-corrected chi connectivity index (χ4v) is 5.44. The van der Waals surface area contributed by atoms with Crippen molar-refractivity contribution in [3.8, 4) is 0 Å². The molecule has 0 bridgehead atoms. The Balaban J connectivity index is 1.79. The number of hydrazone groups is 1. The van der Waals surface area contributed by atoms with Crippen molar-refractivity contribution < 1.29 is 4.79 Å². The molecule has 0 fully saturated rings. The van der Waals surface area contributed by atoms with E-state index in [4.69, 9.17) is 16.7 Å². The molecule has 3 nitrogen and oxygen atoms in total. The number of carbonyl (C=O) groups is 1. The van der Waals surface area contributed by atoms with Crippen molar-refractivity contribution in [3.05, 3.63) is 45.8 Å². The van der Waals surface area contributed by atoms with E-state index in [9.17, 15) is 4.79 Å². The number of amides is 1. The second-order valence-corrected chi connectivity index (χ2v) is 8.42. The topological polar surface area (TPSA) is 32.7 Å². The first-order valence-corrected chi connectivity index (χ1v) is 9.20. The summed E-state index contributed by atoms with van der Waals surface area (Å²) in [4.78, 5) is 13.7. The maximum atomic E-state index is 12.4. The first kappa shape index (κ1) is 14.3. The number of nitrogens with zero attached hydrogens (tertiary/aromatic N) is 2. The second kappa shape index (κ2) is 5.41. The number of thiophene rings is 1. The van der Waals surface area contributed by atoms with Gasteiger partial charge < -0.3 is 0 Å². The van der Waals surface area contributed by atoms with Gasteiger partial charge in [-0.25, -0.2) is 5.01 Å². The molecule has 1 aromatic heterocycles. The molecular formula is C16H13ClN2OS2. The summed E-state index contributed by atoms with van der Waals surface area (Å²) in [6.07, 6.45) is 0.517. The summed E-state index contributed by atoms with van der Waals surface area (Å²) in [5.74, 6) is 1.21. The number of carbonyl (C=O) groups excluding carboxylic acids is 1. The van der Waals surface area contributed by atoms with E-state index in [-0.39, 0.29) is 11.8 Å². The molecule has 0 saturated carbocycles. The summed E-state index contributed by atoms with van der Waals surface area (Å²) < 4.78 is 1.32. The minimum Gasteiger partial charge on any atom is -0.273 e. The van der Waals surface area contributed by atoms with E-state index in [2.05, 4.69) is 13.0 Å². The highest BCUT2D eigenvalue weighted by Crippen LogP contribution is 2.42. The highest BCUT2D eigenvalue weighted by Gasteiger charge is 2.35. The van der Waals surface area contributed by atoms with Crippen molar-refractivity contribution in [3.63, 3.8) is 0 Å². The number of rotatable bonds is 1. The predicted molar refractivity (Wildman–Crippen MR) is 93.4 cm³/mol. The van der Waals surface area contributed by atoms with Crippen LogP contribution in [0, 0.1) is 12.8 Å². The Bertz CT molecular complexity index is 782. The molecule has 3 heterocycles. The van der Waals surface area contributed by atoms with Gasteiger partial charge in [-0.05, 0) is 37.3 Å². The Morgan fingerprint density at radius 3 is 2.86 bits per heavy atom. The van der Waals surface area contributed by atoms with Crippen LogP contribution in [0.4, 0.5) is 5.69 Å². The van der Waals surface area contributed by atoms with Crippen LogP contribution < -0.4 is 5.01 Å². The number of fused-ring (bicyclic) bond motifs is 3. The van der Waals surface area contributed by atoms with Crippen LogP contribution in [-0.4, -0.2) is 17.4 Å². The minimum atomic E-state index is 0.0482. The van der Waals surface area contributed by atoms with Crippen LogP contribution in [0.1, 0.15) is 16.9 Å². The fourth-order valence-electron chi connectivity index (χ4n) is 2.79. The molecule has 2 aliphatic rings. The molecule has 2 aliphatic heterocycles. The molecule has 112 valence electrons. The van der Waals surface area contributed by atoms with Gasteiger partial charge in [0.2, 0.25) is 5.91 Å². The third kappa shape index (κ3) is 2.37. The van der Waals surface area contributed by atoms with Gasteiger partial charge in [0, 0.05) is 33.6 Å². The molecule has 2 aromatic rings. The molecule has 1 atom stereocenters. The number of hydrogen-bond donors (Lipinski definition) is 0. The molecule has 1 amide bonds. The molecule has 0 radical (unpaired) electrons. The van der Waals surface area contributed by atoms with Gasteiger partial charge in [0.25, 0.3) is 0 Å². The van der Waals surface area contributed by atoms with Crippen LogP contribution in [0.15, 0.2) is 39.6 Å². The molecule has 0 aliphatic carbocycles. The number of benzene rings is 1. The predicted octanol–water partition coefficient (Wildman–Crippen LogP) is 4.57. The molecule has 1 unspecified atom stereocenters. The zero-order valence-corrected chi connectivity index (χ0v) is 14.3. The number of thioether (sulfide) groups is 1. The largest absolute Gasteiger partial charge is 0.273 e. The van der Waals surface area contributed by atoms with Gasteiger partial charge >= 0.3 is 0 Å². The van der Waals surface area contributed by atoms with Crippen LogP contribution in [-0.2, 0) is 4.79 Å². The lowest BCUT2D eigenvalue weighted by Crippen LogP contribution is -2.39. The van der Waals surface area contributed by atoms with E-state index >= 15 is 0 Å². The highest BCUT2D eigenvalue weighted by molar-refractivity contribution is 8.01. The maximum absolute atomic E-state index is 12.4. The quantitative estimate of drug-likeness (QED) is 0.756. The highest BCUT2D eigenvalue weighted by atomic mass is 35.5. The van der Waals surface area contributed by atoms with Gasteiger partial charge in [0.05, 0.1) is 15.6 Å². The smallest absolute Gasteiger partial charge is 0.248 e. The zero-order valence-electron chi connectivity index (χ0n) is 11.9. The molecule has 6 heteroatoms. The Kier molecular flexibility index (Phi) is 3.51. The molecule has 22 heavy (non-hydrogen) atoms. The number of hydrogen-bond acceptors (Lipinski definition) is 4. The lowest BCUT2D eigenvalue weighted by molar-refractivity contribution is -0.119. The lowest BCUT2D eigenvalue weighted by Gasteiger charge is -2.31. The average molecular weight is 349 g/mol. The summed E-state index contributed by atoms with van der Waals surface area (Å²) in [5, 5.41) is 6.87. The minimum absolute atomic E-state index is 0.0482. The van der Waals surface area contributed by atoms with Crippen molar-refractivity contribution in [1.82, 2.24) is 0 Å². The van der Waals surface area contributed by atoms with Crippen LogP contribution in [0.25, 0.3) is 0 Å². The van der Waals surface area contributed by atoms with Crippen molar-refractivity contribution in [2.24, 2.45) is 11.0 Å². The van der Waals surface area contributed by atoms with Crippen LogP contribution >= 0.6 is 34.7 Å². The van der Waals surface area contributed by atoms with E-state index < -0.39 is 0 Å².